The first-order valence-corrected chi connectivity index (χ1v) is 21.1. The second-order valence-corrected chi connectivity index (χ2v) is 15.8. The molecule has 0 fully saturated rings. The van der Waals surface area contributed by atoms with Gasteiger partial charge in [-0.1, -0.05) is 141 Å². The average molecular weight is 786 g/mol. The van der Waals surface area contributed by atoms with Gasteiger partial charge in [-0.2, -0.15) is 0 Å². The minimum atomic E-state index is 0.608. The van der Waals surface area contributed by atoms with Crippen LogP contribution in [-0.2, 0) is 6.42 Å². The number of benzene rings is 8. The standard InChI is InChI=1S/C55H39N5O/c1-2-3-15-35-26-28-37(29-27-35)54-56-53(36-16-6-4-7-17-36)57-55(58-54)44-22-14-25-48-50(44)43-31-30-39(34-49(43)61-48)59-46-24-13-11-21-42(46)51-47(59)33-32-41-40-20-10-12-23-45(40)60(52(41)51)38-18-8-5-9-19-38/h4-14,16-34H,2-3,15H2,1H3. The second kappa shape index (κ2) is 14.2. The molecule has 6 nitrogen and oxygen atoms in total. The van der Waals surface area contributed by atoms with E-state index in [1.165, 1.54) is 51.0 Å². The Bertz CT molecular complexity index is 3620. The molecule has 4 heterocycles. The highest BCUT2D eigenvalue weighted by Gasteiger charge is 2.22. The summed E-state index contributed by atoms with van der Waals surface area (Å²) in [5.74, 6) is 1.88. The van der Waals surface area contributed by atoms with E-state index in [9.17, 15) is 0 Å². The zero-order valence-electron chi connectivity index (χ0n) is 33.6. The van der Waals surface area contributed by atoms with Crippen molar-refractivity contribution in [3.63, 3.8) is 0 Å². The van der Waals surface area contributed by atoms with Crippen LogP contribution in [0.5, 0.6) is 0 Å². The summed E-state index contributed by atoms with van der Waals surface area (Å²) in [4.78, 5) is 15.3. The highest BCUT2D eigenvalue weighted by molar-refractivity contribution is 6.26. The van der Waals surface area contributed by atoms with Crippen LogP contribution in [0, 0.1) is 0 Å². The number of rotatable bonds is 8. The maximum absolute atomic E-state index is 6.75. The highest BCUT2D eigenvalue weighted by Crippen LogP contribution is 2.43. The number of para-hydroxylation sites is 3. The number of aromatic nitrogens is 5. The predicted octanol–water partition coefficient (Wildman–Crippen LogP) is 14.3. The molecule has 8 aromatic carbocycles. The van der Waals surface area contributed by atoms with Crippen LogP contribution in [0.3, 0.4) is 0 Å². The Morgan fingerprint density at radius 3 is 1.87 bits per heavy atom. The Kier molecular flexibility index (Phi) is 8.17. The van der Waals surface area contributed by atoms with Gasteiger partial charge in [0.05, 0.1) is 22.1 Å². The van der Waals surface area contributed by atoms with Crippen LogP contribution in [-0.4, -0.2) is 24.1 Å². The summed E-state index contributed by atoms with van der Waals surface area (Å²) < 4.78 is 11.6. The molecule has 0 atom stereocenters. The van der Waals surface area contributed by atoms with Crippen molar-refractivity contribution in [2.24, 2.45) is 0 Å². The number of unbranched alkanes of at least 4 members (excludes halogenated alkanes) is 1. The molecule has 0 saturated heterocycles. The van der Waals surface area contributed by atoms with Crippen molar-refractivity contribution in [3.05, 3.63) is 188 Å². The van der Waals surface area contributed by atoms with Crippen molar-refractivity contribution in [1.29, 1.82) is 0 Å². The molecule has 4 aromatic heterocycles. The maximum atomic E-state index is 6.75. The number of hydrogen-bond acceptors (Lipinski definition) is 4. The van der Waals surface area contributed by atoms with E-state index >= 15 is 0 Å². The van der Waals surface area contributed by atoms with Gasteiger partial charge in [0.25, 0.3) is 0 Å². The van der Waals surface area contributed by atoms with Gasteiger partial charge in [0.2, 0.25) is 0 Å². The summed E-state index contributed by atoms with van der Waals surface area (Å²) in [6, 6.07) is 64.3. The van der Waals surface area contributed by atoms with Crippen molar-refractivity contribution in [2.75, 3.05) is 0 Å². The minimum absolute atomic E-state index is 0.608. The van der Waals surface area contributed by atoms with Crippen molar-refractivity contribution >= 4 is 65.6 Å². The SMILES string of the molecule is CCCCc1ccc(-c2nc(-c3ccccc3)nc(-c3cccc4oc5cc(-n6c7ccccc7c7c6ccc6c8ccccc8n(-c8ccccc8)c67)ccc5c34)n2)cc1. The fourth-order valence-corrected chi connectivity index (χ4v) is 9.32. The quantitative estimate of drug-likeness (QED) is 0.154. The van der Waals surface area contributed by atoms with Crippen LogP contribution in [0.2, 0.25) is 0 Å². The van der Waals surface area contributed by atoms with Crippen molar-refractivity contribution < 1.29 is 4.42 Å². The van der Waals surface area contributed by atoms with Gasteiger partial charge in [-0.05, 0) is 66.9 Å². The molecule has 0 unspecified atom stereocenters. The molecule has 6 heteroatoms. The van der Waals surface area contributed by atoms with Gasteiger partial charge < -0.3 is 13.6 Å². The molecule has 12 aromatic rings. The van der Waals surface area contributed by atoms with Gasteiger partial charge in [0.1, 0.15) is 11.2 Å². The first-order valence-electron chi connectivity index (χ1n) is 21.1. The van der Waals surface area contributed by atoms with E-state index in [2.05, 4.69) is 156 Å². The lowest BCUT2D eigenvalue weighted by Crippen LogP contribution is -2.00. The first-order chi connectivity index (χ1) is 30.2. The van der Waals surface area contributed by atoms with Crippen molar-refractivity contribution in [3.8, 4) is 45.5 Å². The fourth-order valence-electron chi connectivity index (χ4n) is 9.32. The maximum Gasteiger partial charge on any atom is 0.164 e. The highest BCUT2D eigenvalue weighted by atomic mass is 16.3. The third-order valence-electron chi connectivity index (χ3n) is 12.2. The monoisotopic (exact) mass is 785 g/mol. The minimum Gasteiger partial charge on any atom is -0.456 e. The molecule has 0 radical (unpaired) electrons. The molecule has 0 spiro atoms. The Labute approximate surface area is 352 Å². The molecule has 0 amide bonds. The number of hydrogen-bond donors (Lipinski definition) is 0. The fraction of sp³-hybridized carbons (Fsp3) is 0.0727. The molecular formula is C55H39N5O. The molecule has 0 aliphatic carbocycles. The Balaban J connectivity index is 1.05. The third kappa shape index (κ3) is 5.67. The van der Waals surface area contributed by atoms with Crippen molar-refractivity contribution in [2.45, 2.75) is 26.2 Å². The normalized spacial score (nSPS) is 11.9. The van der Waals surface area contributed by atoms with Gasteiger partial charge in [0.15, 0.2) is 17.5 Å². The lowest BCUT2D eigenvalue weighted by atomic mass is 10.0. The first kappa shape index (κ1) is 35.1. The van der Waals surface area contributed by atoms with Crippen LogP contribution in [0.4, 0.5) is 0 Å². The van der Waals surface area contributed by atoms with E-state index in [4.69, 9.17) is 19.4 Å². The topological polar surface area (TPSA) is 61.7 Å². The van der Waals surface area contributed by atoms with Crippen LogP contribution < -0.4 is 0 Å². The van der Waals surface area contributed by atoms with Gasteiger partial charge in [-0.3, -0.25) is 0 Å². The summed E-state index contributed by atoms with van der Waals surface area (Å²) in [5.41, 5.74) is 12.5. The summed E-state index contributed by atoms with van der Waals surface area (Å²) in [6.45, 7) is 2.23. The van der Waals surface area contributed by atoms with Crippen molar-refractivity contribution in [1.82, 2.24) is 24.1 Å². The number of aryl methyl sites for hydroxylation is 1. The number of nitrogens with zero attached hydrogens (tertiary/aromatic N) is 5. The Morgan fingerprint density at radius 1 is 0.443 bits per heavy atom. The number of furan rings is 1. The summed E-state index contributed by atoms with van der Waals surface area (Å²) in [6.07, 6.45) is 3.40. The second-order valence-electron chi connectivity index (χ2n) is 15.8. The summed E-state index contributed by atoms with van der Waals surface area (Å²) in [5, 5.41) is 6.87. The van der Waals surface area contributed by atoms with Crippen LogP contribution in [0.25, 0.3) is 111 Å². The van der Waals surface area contributed by atoms with Gasteiger partial charge >= 0.3 is 0 Å². The van der Waals surface area contributed by atoms with E-state index < -0.39 is 0 Å². The molecule has 0 saturated carbocycles. The summed E-state index contributed by atoms with van der Waals surface area (Å²) >= 11 is 0. The van der Waals surface area contributed by atoms with Crippen LogP contribution in [0.15, 0.2) is 186 Å². The lowest BCUT2D eigenvalue weighted by Gasteiger charge is -2.10. The average Bonchev–Trinajstić information content (AvgIpc) is 3.99. The smallest absolute Gasteiger partial charge is 0.164 e. The molecular weight excluding hydrogens is 747 g/mol. The lowest BCUT2D eigenvalue weighted by molar-refractivity contribution is 0.668. The zero-order valence-corrected chi connectivity index (χ0v) is 33.6. The van der Waals surface area contributed by atoms with E-state index in [1.54, 1.807) is 0 Å². The number of fused-ring (bicyclic) bond motifs is 10. The molecule has 12 rings (SSSR count). The molecule has 290 valence electrons. The van der Waals surface area contributed by atoms with Gasteiger partial charge in [0, 0.05) is 66.4 Å². The van der Waals surface area contributed by atoms with E-state index in [0.29, 0.717) is 17.5 Å². The van der Waals surface area contributed by atoms with Crippen LogP contribution >= 0.6 is 0 Å². The Hall–Kier alpha value is -7.83. The third-order valence-corrected chi connectivity index (χ3v) is 12.2. The predicted molar refractivity (Wildman–Crippen MR) is 251 cm³/mol. The molecule has 0 aliphatic rings. The Morgan fingerprint density at radius 2 is 1.10 bits per heavy atom. The van der Waals surface area contributed by atoms with E-state index in [-0.39, 0.29) is 0 Å². The zero-order chi connectivity index (χ0) is 40.4. The summed E-state index contributed by atoms with van der Waals surface area (Å²) in [7, 11) is 0. The van der Waals surface area contributed by atoms with E-state index in [1.807, 2.05) is 42.5 Å². The van der Waals surface area contributed by atoms with E-state index in [0.717, 1.165) is 67.5 Å². The van der Waals surface area contributed by atoms with Gasteiger partial charge in [-0.15, -0.1) is 0 Å². The van der Waals surface area contributed by atoms with Gasteiger partial charge in [-0.25, -0.2) is 15.0 Å². The molecule has 61 heavy (non-hydrogen) atoms. The molecule has 0 aliphatic heterocycles. The largest absolute Gasteiger partial charge is 0.456 e. The molecule has 0 bridgehead atoms. The van der Waals surface area contributed by atoms with Crippen LogP contribution in [0.1, 0.15) is 25.3 Å². The molecule has 0 N–H and O–H groups in total.